The average molecular weight is 239 g/mol. The van der Waals surface area contributed by atoms with E-state index in [-0.39, 0.29) is 0 Å². The first-order valence-electron chi connectivity index (χ1n) is 7.37. The monoisotopic (exact) mass is 239 g/mol. The van der Waals surface area contributed by atoms with Gasteiger partial charge in [-0.1, -0.05) is 12.8 Å². The van der Waals surface area contributed by atoms with Gasteiger partial charge in [0, 0.05) is 38.3 Å². The zero-order chi connectivity index (χ0) is 12.1. The number of piperazine rings is 1. The van der Waals surface area contributed by atoms with E-state index in [0.29, 0.717) is 5.54 Å². The third kappa shape index (κ3) is 3.94. The summed E-state index contributed by atoms with van der Waals surface area (Å²) in [7, 11) is 0. The molecule has 0 saturated carbocycles. The molecule has 2 aliphatic heterocycles. The average Bonchev–Trinajstić information content (AvgIpc) is 2.58. The normalized spacial score (nSPS) is 25.8. The van der Waals surface area contributed by atoms with Gasteiger partial charge < -0.3 is 10.2 Å². The van der Waals surface area contributed by atoms with Crippen LogP contribution in [0.3, 0.4) is 0 Å². The Labute approximate surface area is 107 Å². The van der Waals surface area contributed by atoms with Gasteiger partial charge in [0.25, 0.3) is 0 Å². The van der Waals surface area contributed by atoms with Crippen LogP contribution in [0.15, 0.2) is 0 Å². The van der Waals surface area contributed by atoms with Crippen LogP contribution in [0, 0.1) is 0 Å². The van der Waals surface area contributed by atoms with Gasteiger partial charge in [-0.05, 0) is 39.8 Å². The van der Waals surface area contributed by atoms with Crippen LogP contribution >= 0.6 is 0 Å². The molecule has 0 aromatic heterocycles. The zero-order valence-corrected chi connectivity index (χ0v) is 11.7. The standard InChI is InChI=1S/C14H29N3/c1-14(2,17-11-7-15-8-12-17)13-16-9-5-3-4-6-10-16/h15H,3-13H2,1-2H3. The second-order valence-corrected chi connectivity index (χ2v) is 6.24. The van der Waals surface area contributed by atoms with E-state index in [4.69, 9.17) is 0 Å². The summed E-state index contributed by atoms with van der Waals surface area (Å²) in [6, 6.07) is 0. The Morgan fingerprint density at radius 3 is 2.06 bits per heavy atom. The van der Waals surface area contributed by atoms with Crippen molar-refractivity contribution in [1.29, 1.82) is 0 Å². The molecule has 0 amide bonds. The van der Waals surface area contributed by atoms with Crippen molar-refractivity contribution in [2.75, 3.05) is 45.8 Å². The van der Waals surface area contributed by atoms with Crippen LogP contribution in [0.1, 0.15) is 39.5 Å². The summed E-state index contributed by atoms with van der Waals surface area (Å²) in [5, 5.41) is 3.45. The molecule has 3 heteroatoms. The lowest BCUT2D eigenvalue weighted by atomic mass is 10.0. The third-order valence-electron chi connectivity index (χ3n) is 4.28. The van der Waals surface area contributed by atoms with Crippen LogP contribution < -0.4 is 5.32 Å². The van der Waals surface area contributed by atoms with Gasteiger partial charge in [-0.15, -0.1) is 0 Å². The minimum atomic E-state index is 0.340. The summed E-state index contributed by atoms with van der Waals surface area (Å²) in [5.74, 6) is 0. The van der Waals surface area contributed by atoms with E-state index in [2.05, 4.69) is 29.0 Å². The van der Waals surface area contributed by atoms with Gasteiger partial charge in [-0.3, -0.25) is 4.90 Å². The molecule has 3 nitrogen and oxygen atoms in total. The first-order chi connectivity index (χ1) is 8.18. The fourth-order valence-corrected chi connectivity index (χ4v) is 3.21. The molecule has 2 fully saturated rings. The lowest BCUT2D eigenvalue weighted by Crippen LogP contribution is -2.57. The molecular formula is C14H29N3. The van der Waals surface area contributed by atoms with Gasteiger partial charge in [0.05, 0.1) is 0 Å². The number of likely N-dealkylation sites (tertiary alicyclic amines) is 1. The fraction of sp³-hybridized carbons (Fsp3) is 1.00. The van der Waals surface area contributed by atoms with Gasteiger partial charge in [0.15, 0.2) is 0 Å². The Bertz CT molecular complexity index is 214. The molecule has 0 atom stereocenters. The summed E-state index contributed by atoms with van der Waals surface area (Å²) >= 11 is 0. The van der Waals surface area contributed by atoms with E-state index < -0.39 is 0 Å². The van der Waals surface area contributed by atoms with Gasteiger partial charge >= 0.3 is 0 Å². The second-order valence-electron chi connectivity index (χ2n) is 6.24. The van der Waals surface area contributed by atoms with Crippen LogP contribution in [0.4, 0.5) is 0 Å². The largest absolute Gasteiger partial charge is 0.314 e. The lowest BCUT2D eigenvalue weighted by molar-refractivity contribution is 0.0642. The maximum absolute atomic E-state index is 3.45. The molecule has 2 heterocycles. The summed E-state index contributed by atoms with van der Waals surface area (Å²) in [6.07, 6.45) is 5.67. The van der Waals surface area contributed by atoms with Gasteiger partial charge in [-0.2, -0.15) is 0 Å². The van der Waals surface area contributed by atoms with Gasteiger partial charge in [-0.25, -0.2) is 0 Å². The number of hydrogen-bond acceptors (Lipinski definition) is 3. The lowest BCUT2D eigenvalue weighted by Gasteiger charge is -2.43. The molecule has 0 spiro atoms. The Kier molecular flexibility index (Phi) is 4.83. The van der Waals surface area contributed by atoms with Crippen molar-refractivity contribution in [3.8, 4) is 0 Å². The van der Waals surface area contributed by atoms with Crippen molar-refractivity contribution in [1.82, 2.24) is 15.1 Å². The van der Waals surface area contributed by atoms with E-state index in [1.165, 1.54) is 58.4 Å². The number of rotatable bonds is 3. The van der Waals surface area contributed by atoms with Crippen LogP contribution in [-0.2, 0) is 0 Å². The molecule has 0 aliphatic carbocycles. The predicted molar refractivity (Wildman–Crippen MR) is 73.4 cm³/mol. The number of nitrogens with one attached hydrogen (secondary N) is 1. The van der Waals surface area contributed by atoms with E-state index in [0.717, 1.165) is 13.1 Å². The van der Waals surface area contributed by atoms with E-state index >= 15 is 0 Å². The first kappa shape index (κ1) is 13.3. The van der Waals surface area contributed by atoms with Crippen molar-refractivity contribution in [2.45, 2.75) is 45.1 Å². The number of hydrogen-bond donors (Lipinski definition) is 1. The number of nitrogens with zero attached hydrogens (tertiary/aromatic N) is 2. The highest BCUT2D eigenvalue weighted by Gasteiger charge is 2.29. The SMILES string of the molecule is CC(C)(CN1CCCCCC1)N1CCNCC1. The molecule has 0 radical (unpaired) electrons. The minimum Gasteiger partial charge on any atom is -0.314 e. The third-order valence-corrected chi connectivity index (χ3v) is 4.28. The maximum atomic E-state index is 3.45. The van der Waals surface area contributed by atoms with Crippen LogP contribution in [0.25, 0.3) is 0 Å². The van der Waals surface area contributed by atoms with E-state index in [9.17, 15) is 0 Å². The fourth-order valence-electron chi connectivity index (χ4n) is 3.21. The first-order valence-corrected chi connectivity index (χ1v) is 7.37. The molecule has 2 saturated heterocycles. The van der Waals surface area contributed by atoms with E-state index in [1.54, 1.807) is 0 Å². The van der Waals surface area contributed by atoms with Crippen molar-refractivity contribution in [3.63, 3.8) is 0 Å². The molecule has 0 aromatic rings. The molecule has 2 aliphatic rings. The van der Waals surface area contributed by atoms with Crippen LogP contribution in [0.2, 0.25) is 0 Å². The van der Waals surface area contributed by atoms with Crippen molar-refractivity contribution in [3.05, 3.63) is 0 Å². The Morgan fingerprint density at radius 2 is 1.47 bits per heavy atom. The molecule has 100 valence electrons. The Morgan fingerprint density at radius 1 is 0.882 bits per heavy atom. The highest BCUT2D eigenvalue weighted by Crippen LogP contribution is 2.19. The molecule has 1 N–H and O–H groups in total. The van der Waals surface area contributed by atoms with Gasteiger partial charge in [0.1, 0.15) is 0 Å². The van der Waals surface area contributed by atoms with Crippen LogP contribution in [0.5, 0.6) is 0 Å². The van der Waals surface area contributed by atoms with Crippen LogP contribution in [-0.4, -0.2) is 61.2 Å². The molecular weight excluding hydrogens is 210 g/mol. The Balaban J connectivity index is 1.85. The molecule has 17 heavy (non-hydrogen) atoms. The smallest absolute Gasteiger partial charge is 0.0281 e. The summed E-state index contributed by atoms with van der Waals surface area (Å²) in [6.45, 7) is 13.4. The molecule has 2 rings (SSSR count). The van der Waals surface area contributed by atoms with Crippen molar-refractivity contribution in [2.24, 2.45) is 0 Å². The van der Waals surface area contributed by atoms with Crippen molar-refractivity contribution < 1.29 is 0 Å². The molecule has 0 unspecified atom stereocenters. The van der Waals surface area contributed by atoms with Crippen molar-refractivity contribution >= 4 is 0 Å². The predicted octanol–water partition coefficient (Wildman–Crippen LogP) is 1.55. The highest BCUT2D eigenvalue weighted by atomic mass is 15.3. The quantitative estimate of drug-likeness (QED) is 0.806. The minimum absolute atomic E-state index is 0.340. The zero-order valence-electron chi connectivity index (χ0n) is 11.7. The summed E-state index contributed by atoms with van der Waals surface area (Å²) in [4.78, 5) is 5.35. The Hall–Kier alpha value is -0.120. The summed E-state index contributed by atoms with van der Waals surface area (Å²) < 4.78 is 0. The highest BCUT2D eigenvalue weighted by molar-refractivity contribution is 4.88. The second kappa shape index (κ2) is 6.17. The molecule has 0 bridgehead atoms. The maximum Gasteiger partial charge on any atom is 0.0281 e. The topological polar surface area (TPSA) is 18.5 Å². The summed E-state index contributed by atoms with van der Waals surface area (Å²) in [5.41, 5.74) is 0.340. The van der Waals surface area contributed by atoms with E-state index in [1.807, 2.05) is 0 Å². The molecule has 0 aromatic carbocycles. The van der Waals surface area contributed by atoms with Gasteiger partial charge in [0.2, 0.25) is 0 Å².